The summed E-state index contributed by atoms with van der Waals surface area (Å²) in [4.78, 5) is 19.4. The summed E-state index contributed by atoms with van der Waals surface area (Å²) >= 11 is 0. The van der Waals surface area contributed by atoms with E-state index in [1.807, 2.05) is 0 Å². The van der Waals surface area contributed by atoms with Crippen LogP contribution in [0.2, 0.25) is 0 Å². The lowest BCUT2D eigenvalue weighted by Gasteiger charge is -2.21. The van der Waals surface area contributed by atoms with Gasteiger partial charge in [-0.3, -0.25) is 14.7 Å². The Labute approximate surface area is 75.4 Å². The van der Waals surface area contributed by atoms with Gasteiger partial charge in [0, 0.05) is 29.7 Å². The standard InChI is InChI=1S/C9H10N2O2/c1-13-11-5-3-7-8(6-11)10-4-2-9(7)12/h2-5H,6H2,1H3,(H,10,12). The molecule has 0 atom stereocenters. The van der Waals surface area contributed by atoms with Gasteiger partial charge < -0.3 is 4.98 Å². The average Bonchev–Trinajstić information content (AvgIpc) is 2.18. The van der Waals surface area contributed by atoms with Crippen molar-refractivity contribution in [1.82, 2.24) is 10.0 Å². The van der Waals surface area contributed by atoms with E-state index < -0.39 is 0 Å². The van der Waals surface area contributed by atoms with E-state index in [9.17, 15) is 4.79 Å². The normalized spacial score (nSPS) is 14.4. The van der Waals surface area contributed by atoms with Crippen molar-refractivity contribution in [1.29, 1.82) is 0 Å². The predicted molar refractivity (Wildman–Crippen MR) is 48.6 cm³/mol. The quantitative estimate of drug-likeness (QED) is 0.689. The molecule has 1 aromatic rings. The van der Waals surface area contributed by atoms with Gasteiger partial charge in [-0.2, -0.15) is 0 Å². The lowest BCUT2D eigenvalue weighted by atomic mass is 10.1. The van der Waals surface area contributed by atoms with Crippen molar-refractivity contribution in [2.24, 2.45) is 0 Å². The smallest absolute Gasteiger partial charge is 0.189 e. The number of nitrogens with zero attached hydrogens (tertiary/aromatic N) is 1. The van der Waals surface area contributed by atoms with E-state index in [0.29, 0.717) is 6.54 Å². The highest BCUT2D eigenvalue weighted by Gasteiger charge is 2.11. The Morgan fingerprint density at radius 3 is 3.23 bits per heavy atom. The van der Waals surface area contributed by atoms with Crippen molar-refractivity contribution >= 4 is 6.08 Å². The molecule has 0 unspecified atom stereocenters. The predicted octanol–water partition coefficient (Wildman–Crippen LogP) is 0.723. The van der Waals surface area contributed by atoms with Crippen LogP contribution in [0.4, 0.5) is 0 Å². The molecule has 4 heteroatoms. The van der Waals surface area contributed by atoms with Crippen LogP contribution in [0.3, 0.4) is 0 Å². The summed E-state index contributed by atoms with van der Waals surface area (Å²) < 4.78 is 0. The molecule has 1 N–H and O–H groups in total. The number of nitrogens with one attached hydrogen (secondary N) is 1. The molecule has 1 aliphatic rings. The molecule has 13 heavy (non-hydrogen) atoms. The lowest BCUT2D eigenvalue weighted by Crippen LogP contribution is -2.23. The van der Waals surface area contributed by atoms with Crippen molar-refractivity contribution in [3.8, 4) is 0 Å². The first-order chi connectivity index (χ1) is 6.31. The molecule has 4 nitrogen and oxygen atoms in total. The minimum Gasteiger partial charge on any atom is -0.363 e. The summed E-state index contributed by atoms with van der Waals surface area (Å²) in [6, 6.07) is 1.52. The van der Waals surface area contributed by atoms with Crippen LogP contribution in [-0.4, -0.2) is 17.2 Å². The molecule has 0 bridgehead atoms. The van der Waals surface area contributed by atoms with Crippen LogP contribution in [0.15, 0.2) is 23.3 Å². The van der Waals surface area contributed by atoms with Gasteiger partial charge in [0.15, 0.2) is 5.43 Å². The van der Waals surface area contributed by atoms with Gasteiger partial charge in [0.1, 0.15) is 0 Å². The van der Waals surface area contributed by atoms with Crippen LogP contribution < -0.4 is 5.43 Å². The molecule has 0 aromatic carbocycles. The molecule has 0 spiro atoms. The number of pyridine rings is 1. The lowest BCUT2D eigenvalue weighted by molar-refractivity contribution is -0.0962. The van der Waals surface area contributed by atoms with E-state index >= 15 is 0 Å². The summed E-state index contributed by atoms with van der Waals surface area (Å²) in [7, 11) is 1.59. The largest absolute Gasteiger partial charge is 0.363 e. The number of rotatable bonds is 1. The first-order valence-corrected chi connectivity index (χ1v) is 4.01. The maximum atomic E-state index is 11.3. The Morgan fingerprint density at radius 2 is 2.46 bits per heavy atom. The number of hydrogen-bond acceptors (Lipinski definition) is 3. The van der Waals surface area contributed by atoms with Gasteiger partial charge in [-0.15, -0.1) is 0 Å². The Bertz CT molecular complexity index is 395. The molecule has 1 aliphatic heterocycles. The van der Waals surface area contributed by atoms with Crippen LogP contribution >= 0.6 is 0 Å². The number of aromatic nitrogens is 1. The molecule has 2 heterocycles. The van der Waals surface area contributed by atoms with E-state index in [1.165, 1.54) is 6.07 Å². The first-order valence-electron chi connectivity index (χ1n) is 4.01. The van der Waals surface area contributed by atoms with Crippen LogP contribution in [0.1, 0.15) is 11.3 Å². The highest BCUT2D eigenvalue weighted by molar-refractivity contribution is 5.52. The molecule has 0 saturated heterocycles. The maximum absolute atomic E-state index is 11.3. The zero-order valence-corrected chi connectivity index (χ0v) is 7.28. The van der Waals surface area contributed by atoms with E-state index in [1.54, 1.807) is 30.6 Å². The van der Waals surface area contributed by atoms with Gasteiger partial charge in [0.25, 0.3) is 0 Å². The summed E-state index contributed by atoms with van der Waals surface area (Å²) in [6.07, 6.45) is 5.15. The molecular weight excluding hydrogens is 168 g/mol. The van der Waals surface area contributed by atoms with Gasteiger partial charge in [-0.25, -0.2) is 0 Å². The van der Waals surface area contributed by atoms with Crippen molar-refractivity contribution in [3.05, 3.63) is 39.9 Å². The third-order valence-corrected chi connectivity index (χ3v) is 2.04. The third-order valence-electron chi connectivity index (χ3n) is 2.04. The zero-order chi connectivity index (χ0) is 9.26. The maximum Gasteiger partial charge on any atom is 0.189 e. The van der Waals surface area contributed by atoms with Gasteiger partial charge in [0.05, 0.1) is 13.7 Å². The Kier molecular flexibility index (Phi) is 1.90. The highest BCUT2D eigenvalue weighted by Crippen LogP contribution is 2.13. The topological polar surface area (TPSA) is 45.3 Å². The molecule has 0 radical (unpaired) electrons. The van der Waals surface area contributed by atoms with Crippen molar-refractivity contribution in [2.45, 2.75) is 6.54 Å². The minimum atomic E-state index is 0.0424. The number of H-pyrrole nitrogens is 1. The van der Waals surface area contributed by atoms with E-state index in [0.717, 1.165) is 11.3 Å². The monoisotopic (exact) mass is 178 g/mol. The second kappa shape index (κ2) is 3.06. The van der Waals surface area contributed by atoms with E-state index in [4.69, 9.17) is 4.84 Å². The third kappa shape index (κ3) is 1.36. The minimum absolute atomic E-state index is 0.0424. The molecule has 1 aromatic heterocycles. The van der Waals surface area contributed by atoms with Crippen LogP contribution in [-0.2, 0) is 11.4 Å². The van der Waals surface area contributed by atoms with Gasteiger partial charge >= 0.3 is 0 Å². The SMILES string of the molecule is CON1C=Cc2c([nH]ccc2=O)C1. The van der Waals surface area contributed by atoms with Crippen molar-refractivity contribution in [3.63, 3.8) is 0 Å². The first kappa shape index (κ1) is 8.07. The Morgan fingerprint density at radius 1 is 1.62 bits per heavy atom. The summed E-state index contributed by atoms with van der Waals surface area (Å²) in [5, 5.41) is 1.65. The molecular formula is C9H10N2O2. The number of hydrogen-bond donors (Lipinski definition) is 1. The fourth-order valence-corrected chi connectivity index (χ4v) is 1.34. The Balaban J connectivity index is 2.46. The highest BCUT2D eigenvalue weighted by atomic mass is 16.7. The second-order valence-electron chi connectivity index (χ2n) is 2.81. The Hall–Kier alpha value is -1.55. The number of fused-ring (bicyclic) bond motifs is 1. The molecule has 68 valence electrons. The summed E-state index contributed by atoms with van der Waals surface area (Å²) in [5.74, 6) is 0. The molecule has 0 aliphatic carbocycles. The number of hydroxylamine groups is 2. The van der Waals surface area contributed by atoms with Crippen LogP contribution in [0, 0.1) is 0 Å². The van der Waals surface area contributed by atoms with E-state index in [-0.39, 0.29) is 5.43 Å². The second-order valence-corrected chi connectivity index (χ2v) is 2.81. The average molecular weight is 178 g/mol. The molecule has 0 fully saturated rings. The van der Waals surface area contributed by atoms with Gasteiger partial charge in [-0.05, 0) is 6.08 Å². The fraction of sp³-hybridized carbons (Fsp3) is 0.222. The number of aromatic amines is 1. The van der Waals surface area contributed by atoms with Crippen molar-refractivity contribution in [2.75, 3.05) is 7.11 Å². The van der Waals surface area contributed by atoms with Gasteiger partial charge in [0.2, 0.25) is 0 Å². The zero-order valence-electron chi connectivity index (χ0n) is 7.28. The fourth-order valence-electron chi connectivity index (χ4n) is 1.34. The molecule has 0 amide bonds. The summed E-state index contributed by atoms with van der Waals surface area (Å²) in [6.45, 7) is 0.582. The molecule has 0 saturated carbocycles. The van der Waals surface area contributed by atoms with Crippen LogP contribution in [0.5, 0.6) is 0 Å². The molecule has 2 rings (SSSR count). The summed E-state index contributed by atoms with van der Waals surface area (Å²) in [5.41, 5.74) is 1.65. The van der Waals surface area contributed by atoms with E-state index in [2.05, 4.69) is 4.98 Å². The van der Waals surface area contributed by atoms with Gasteiger partial charge in [-0.1, -0.05) is 0 Å². The van der Waals surface area contributed by atoms with Crippen molar-refractivity contribution < 1.29 is 4.84 Å². The van der Waals surface area contributed by atoms with Crippen LogP contribution in [0.25, 0.3) is 6.08 Å².